The summed E-state index contributed by atoms with van der Waals surface area (Å²) in [5.74, 6) is 0.580. The van der Waals surface area contributed by atoms with E-state index < -0.39 is 0 Å². The molecule has 0 aliphatic rings. The van der Waals surface area contributed by atoms with Crippen LogP contribution in [0.3, 0.4) is 0 Å². The van der Waals surface area contributed by atoms with Gasteiger partial charge in [0, 0.05) is 12.6 Å². The molecule has 0 saturated carbocycles. The summed E-state index contributed by atoms with van der Waals surface area (Å²) in [4.78, 5) is 12.3. The Kier molecular flexibility index (Phi) is 5.42. The summed E-state index contributed by atoms with van der Waals surface area (Å²) in [5.41, 5.74) is 5.45. The first-order chi connectivity index (χ1) is 14.4. The number of tetrazole rings is 1. The van der Waals surface area contributed by atoms with E-state index in [1.54, 1.807) is 7.05 Å². The summed E-state index contributed by atoms with van der Waals surface area (Å²) in [7, 11) is 1.56. The first-order valence-electron chi connectivity index (χ1n) is 9.51. The monoisotopic (exact) mass is 420 g/mol. The Balaban J connectivity index is 1.67. The van der Waals surface area contributed by atoms with Crippen molar-refractivity contribution in [1.82, 2.24) is 19.8 Å². The summed E-state index contributed by atoms with van der Waals surface area (Å²) >= 11 is 6.40. The van der Waals surface area contributed by atoms with Crippen molar-refractivity contribution in [3.8, 4) is 22.6 Å². The molecule has 1 heterocycles. The Hall–Kier alpha value is -3.38. The third-order valence-corrected chi connectivity index (χ3v) is 5.30. The van der Waals surface area contributed by atoms with Crippen molar-refractivity contribution in [2.24, 2.45) is 7.05 Å². The lowest BCUT2D eigenvalue weighted by atomic mass is 10.0. The fraction of sp³-hybridized carbons (Fsp3) is 0.174. The summed E-state index contributed by atoms with van der Waals surface area (Å²) < 4.78 is 8.57. The van der Waals surface area contributed by atoms with Gasteiger partial charge in [0.1, 0.15) is 12.4 Å². The van der Waals surface area contributed by atoms with Crippen LogP contribution in [0.5, 0.6) is 5.75 Å². The molecule has 0 fully saturated rings. The van der Waals surface area contributed by atoms with Crippen LogP contribution in [0.4, 0.5) is 0 Å². The summed E-state index contributed by atoms with van der Waals surface area (Å²) in [5, 5.41) is 8.29. The van der Waals surface area contributed by atoms with Crippen LogP contribution >= 0.6 is 11.6 Å². The highest BCUT2D eigenvalue weighted by molar-refractivity contribution is 6.32. The van der Waals surface area contributed by atoms with Crippen molar-refractivity contribution in [3.63, 3.8) is 0 Å². The van der Waals surface area contributed by atoms with Crippen molar-refractivity contribution in [1.29, 1.82) is 0 Å². The highest BCUT2D eigenvalue weighted by Crippen LogP contribution is 2.32. The van der Waals surface area contributed by atoms with Crippen LogP contribution in [0.15, 0.2) is 65.5 Å². The smallest absolute Gasteiger partial charge is 0.368 e. The molecule has 4 aromatic rings. The fourth-order valence-electron chi connectivity index (χ4n) is 3.31. The SMILES string of the molecule is Cc1cccc(-c2ccc(Cl)c(OCc3c(C)cccc3-n3nnn(C)c3=O)c2)c1. The zero-order chi connectivity index (χ0) is 21.3. The topological polar surface area (TPSA) is 61.9 Å². The molecule has 0 spiro atoms. The van der Waals surface area contributed by atoms with Gasteiger partial charge in [-0.2, -0.15) is 9.36 Å². The highest BCUT2D eigenvalue weighted by atomic mass is 35.5. The second kappa shape index (κ2) is 8.16. The van der Waals surface area contributed by atoms with Gasteiger partial charge in [0.2, 0.25) is 0 Å². The van der Waals surface area contributed by atoms with Gasteiger partial charge in [-0.1, -0.05) is 59.6 Å². The van der Waals surface area contributed by atoms with E-state index in [-0.39, 0.29) is 12.3 Å². The number of halogens is 1. The van der Waals surface area contributed by atoms with E-state index in [0.717, 1.165) is 22.3 Å². The van der Waals surface area contributed by atoms with Crippen molar-refractivity contribution in [2.45, 2.75) is 20.5 Å². The van der Waals surface area contributed by atoms with E-state index in [4.69, 9.17) is 16.3 Å². The minimum atomic E-state index is -0.318. The van der Waals surface area contributed by atoms with E-state index in [1.807, 2.05) is 49.4 Å². The van der Waals surface area contributed by atoms with Crippen molar-refractivity contribution in [2.75, 3.05) is 0 Å². The lowest BCUT2D eigenvalue weighted by Crippen LogP contribution is -2.23. The first-order valence-corrected chi connectivity index (χ1v) is 9.89. The largest absolute Gasteiger partial charge is 0.487 e. The van der Waals surface area contributed by atoms with Crippen LogP contribution < -0.4 is 10.4 Å². The molecule has 0 bridgehead atoms. The molecular weight excluding hydrogens is 400 g/mol. The molecular formula is C23H21ClN4O2. The second-order valence-corrected chi connectivity index (χ2v) is 7.58. The van der Waals surface area contributed by atoms with E-state index in [2.05, 4.69) is 35.5 Å². The molecule has 0 unspecified atom stereocenters. The zero-order valence-electron chi connectivity index (χ0n) is 17.0. The maximum Gasteiger partial charge on any atom is 0.368 e. The highest BCUT2D eigenvalue weighted by Gasteiger charge is 2.14. The van der Waals surface area contributed by atoms with E-state index >= 15 is 0 Å². The van der Waals surface area contributed by atoms with Gasteiger partial charge in [0.25, 0.3) is 0 Å². The van der Waals surface area contributed by atoms with E-state index in [9.17, 15) is 4.79 Å². The third kappa shape index (κ3) is 3.86. The maximum absolute atomic E-state index is 12.3. The Labute approximate surface area is 179 Å². The van der Waals surface area contributed by atoms with Gasteiger partial charge in [-0.3, -0.25) is 0 Å². The predicted molar refractivity (Wildman–Crippen MR) is 117 cm³/mol. The fourth-order valence-corrected chi connectivity index (χ4v) is 3.48. The van der Waals surface area contributed by atoms with Crippen LogP contribution in [0.2, 0.25) is 5.02 Å². The molecule has 0 aliphatic carbocycles. The molecule has 7 heteroatoms. The van der Waals surface area contributed by atoms with Crippen LogP contribution in [0.1, 0.15) is 16.7 Å². The molecule has 6 nitrogen and oxygen atoms in total. The Morgan fingerprint density at radius 3 is 2.47 bits per heavy atom. The molecule has 0 amide bonds. The molecule has 1 aromatic heterocycles. The molecule has 0 saturated heterocycles. The third-order valence-electron chi connectivity index (χ3n) is 4.99. The normalized spacial score (nSPS) is 10.9. The summed E-state index contributed by atoms with van der Waals surface area (Å²) in [6.07, 6.45) is 0. The number of rotatable bonds is 5. The maximum atomic E-state index is 12.3. The number of benzene rings is 3. The molecule has 0 radical (unpaired) electrons. The number of hydrogen-bond donors (Lipinski definition) is 0. The summed E-state index contributed by atoms with van der Waals surface area (Å²) in [6.45, 7) is 4.27. The molecule has 0 aliphatic heterocycles. The molecule has 0 N–H and O–H groups in total. The van der Waals surface area contributed by atoms with Crippen LogP contribution in [-0.4, -0.2) is 19.8 Å². The minimum Gasteiger partial charge on any atom is -0.487 e. The van der Waals surface area contributed by atoms with Gasteiger partial charge in [0.15, 0.2) is 0 Å². The van der Waals surface area contributed by atoms with Gasteiger partial charge < -0.3 is 4.74 Å². The molecule has 4 rings (SSSR count). The Morgan fingerprint density at radius 1 is 0.967 bits per heavy atom. The number of ether oxygens (including phenoxy) is 1. The first kappa shape index (κ1) is 19.9. The second-order valence-electron chi connectivity index (χ2n) is 7.17. The average Bonchev–Trinajstić information content (AvgIpc) is 3.06. The van der Waals surface area contributed by atoms with Gasteiger partial charge >= 0.3 is 5.69 Å². The molecule has 0 atom stereocenters. The number of nitrogens with zero attached hydrogens (tertiary/aromatic N) is 4. The van der Waals surface area contributed by atoms with Crippen LogP contribution in [0.25, 0.3) is 16.8 Å². The van der Waals surface area contributed by atoms with E-state index in [1.165, 1.54) is 14.9 Å². The average molecular weight is 421 g/mol. The minimum absolute atomic E-state index is 0.238. The van der Waals surface area contributed by atoms with Gasteiger partial charge in [-0.25, -0.2) is 4.79 Å². The predicted octanol–water partition coefficient (Wildman–Crippen LogP) is 4.48. The molecule has 30 heavy (non-hydrogen) atoms. The lowest BCUT2D eigenvalue weighted by Gasteiger charge is -2.14. The van der Waals surface area contributed by atoms with Crippen molar-refractivity contribution < 1.29 is 4.74 Å². The van der Waals surface area contributed by atoms with Gasteiger partial charge in [-0.15, -0.1) is 0 Å². The number of aromatic nitrogens is 4. The van der Waals surface area contributed by atoms with Gasteiger partial charge in [0.05, 0.1) is 10.7 Å². The Bertz CT molecular complexity index is 1280. The summed E-state index contributed by atoms with van der Waals surface area (Å²) in [6, 6.07) is 19.7. The standard InChI is InChI=1S/C23H21ClN4O2/c1-15-6-4-8-17(12-15)18-10-11-20(24)22(13-18)30-14-19-16(2)7-5-9-21(19)28-23(29)27(3)25-26-28/h4-13H,14H2,1-3H3. The van der Waals surface area contributed by atoms with Crippen molar-refractivity contribution in [3.05, 3.63) is 92.9 Å². The lowest BCUT2D eigenvalue weighted by molar-refractivity contribution is 0.305. The quantitative estimate of drug-likeness (QED) is 0.477. The molecule has 3 aromatic carbocycles. The molecule has 152 valence electrons. The van der Waals surface area contributed by atoms with Crippen LogP contribution in [-0.2, 0) is 13.7 Å². The van der Waals surface area contributed by atoms with Crippen LogP contribution in [0, 0.1) is 13.8 Å². The number of hydrogen-bond acceptors (Lipinski definition) is 4. The van der Waals surface area contributed by atoms with E-state index in [0.29, 0.717) is 16.5 Å². The van der Waals surface area contributed by atoms with Gasteiger partial charge in [-0.05, 0) is 59.2 Å². The van der Waals surface area contributed by atoms with Crippen molar-refractivity contribution >= 4 is 11.6 Å². The Morgan fingerprint density at radius 2 is 1.73 bits per heavy atom. The number of aryl methyl sites for hydroxylation is 3. The zero-order valence-corrected chi connectivity index (χ0v) is 17.7.